The van der Waals surface area contributed by atoms with Gasteiger partial charge in [-0.2, -0.15) is 13.2 Å². The second-order valence-corrected chi connectivity index (χ2v) is 8.78. The van der Waals surface area contributed by atoms with E-state index in [2.05, 4.69) is 14.9 Å². The summed E-state index contributed by atoms with van der Waals surface area (Å²) in [5.74, 6) is 0.815. The average Bonchev–Trinajstić information content (AvgIpc) is 3.03. The quantitative estimate of drug-likeness (QED) is 0.795. The van der Waals surface area contributed by atoms with Gasteiger partial charge in [-0.25, -0.2) is 9.97 Å². The highest BCUT2D eigenvalue weighted by molar-refractivity contribution is 7.99. The van der Waals surface area contributed by atoms with Crippen molar-refractivity contribution >= 4 is 17.6 Å². The Morgan fingerprint density at radius 3 is 2.50 bits per heavy atom. The summed E-state index contributed by atoms with van der Waals surface area (Å²) in [5.41, 5.74) is 5.98. The molecule has 0 amide bonds. The topological polar surface area (TPSA) is 55.0 Å². The number of hydrogen-bond donors (Lipinski definition) is 1. The number of aromatic nitrogens is 2. The van der Waals surface area contributed by atoms with Crippen molar-refractivity contribution in [2.45, 2.75) is 54.2 Å². The van der Waals surface area contributed by atoms with Gasteiger partial charge >= 0.3 is 6.18 Å². The van der Waals surface area contributed by atoms with Crippen LogP contribution in [0, 0.1) is 5.41 Å². The van der Waals surface area contributed by atoms with E-state index in [0.717, 1.165) is 50.3 Å². The van der Waals surface area contributed by atoms with E-state index in [1.807, 2.05) is 0 Å². The number of anilines is 1. The van der Waals surface area contributed by atoms with Crippen LogP contribution in [0.3, 0.4) is 0 Å². The van der Waals surface area contributed by atoms with Gasteiger partial charge in [-0.05, 0) is 49.3 Å². The van der Waals surface area contributed by atoms with Crippen molar-refractivity contribution in [2.75, 3.05) is 18.0 Å². The molecule has 1 spiro atoms. The molecule has 28 heavy (non-hydrogen) atoms. The molecule has 1 aromatic heterocycles. The van der Waals surface area contributed by atoms with Crippen LogP contribution in [0.1, 0.15) is 37.7 Å². The van der Waals surface area contributed by atoms with E-state index < -0.39 is 11.7 Å². The lowest BCUT2D eigenvalue weighted by molar-refractivity contribution is -0.137. The molecule has 2 N–H and O–H groups in total. The summed E-state index contributed by atoms with van der Waals surface area (Å²) in [6.45, 7) is 1.84. The van der Waals surface area contributed by atoms with Crippen LogP contribution in [0.4, 0.5) is 19.0 Å². The van der Waals surface area contributed by atoms with Crippen LogP contribution in [-0.4, -0.2) is 29.1 Å². The molecule has 1 aliphatic heterocycles. The number of halogens is 3. The van der Waals surface area contributed by atoms with Crippen molar-refractivity contribution in [3.05, 3.63) is 42.2 Å². The third kappa shape index (κ3) is 3.98. The average molecular weight is 408 g/mol. The Morgan fingerprint density at radius 1 is 1.11 bits per heavy atom. The second-order valence-electron chi connectivity index (χ2n) is 7.69. The van der Waals surface area contributed by atoms with Crippen LogP contribution in [0.15, 0.2) is 46.6 Å². The van der Waals surface area contributed by atoms with Crippen LogP contribution in [0.25, 0.3) is 0 Å². The minimum absolute atomic E-state index is 0.295. The Balaban J connectivity index is 1.40. The summed E-state index contributed by atoms with van der Waals surface area (Å²) < 4.78 is 38.5. The molecule has 0 radical (unpaired) electrons. The highest BCUT2D eigenvalue weighted by atomic mass is 32.2. The Labute approximate surface area is 166 Å². The monoisotopic (exact) mass is 408 g/mol. The van der Waals surface area contributed by atoms with E-state index in [0.29, 0.717) is 21.4 Å². The van der Waals surface area contributed by atoms with Crippen molar-refractivity contribution < 1.29 is 13.2 Å². The molecule has 2 heterocycles. The molecule has 1 atom stereocenters. The first kappa shape index (κ1) is 19.5. The minimum Gasteiger partial charge on any atom is -0.355 e. The first-order valence-electron chi connectivity index (χ1n) is 9.53. The van der Waals surface area contributed by atoms with Crippen molar-refractivity contribution in [1.82, 2.24) is 9.97 Å². The van der Waals surface area contributed by atoms with E-state index in [1.165, 1.54) is 30.7 Å². The Kier molecular flexibility index (Phi) is 5.26. The molecule has 1 saturated heterocycles. The van der Waals surface area contributed by atoms with E-state index in [4.69, 9.17) is 5.73 Å². The summed E-state index contributed by atoms with van der Waals surface area (Å²) in [5, 5.41) is 0.578. The van der Waals surface area contributed by atoms with Gasteiger partial charge in [-0.15, -0.1) is 0 Å². The zero-order valence-electron chi connectivity index (χ0n) is 15.5. The highest BCUT2D eigenvalue weighted by Gasteiger charge is 2.43. The van der Waals surface area contributed by atoms with Crippen molar-refractivity contribution in [3.63, 3.8) is 0 Å². The number of alkyl halides is 3. The predicted molar refractivity (Wildman–Crippen MR) is 103 cm³/mol. The molecule has 2 fully saturated rings. The van der Waals surface area contributed by atoms with Gasteiger partial charge in [0.2, 0.25) is 0 Å². The normalized spacial score (nSPS) is 22.0. The van der Waals surface area contributed by atoms with E-state index >= 15 is 0 Å². The highest BCUT2D eigenvalue weighted by Crippen LogP contribution is 2.45. The van der Waals surface area contributed by atoms with E-state index in [1.54, 1.807) is 18.5 Å². The van der Waals surface area contributed by atoms with Crippen LogP contribution in [-0.2, 0) is 6.18 Å². The molecule has 1 saturated carbocycles. The van der Waals surface area contributed by atoms with Gasteiger partial charge in [0.15, 0.2) is 0 Å². The zero-order chi connectivity index (χ0) is 19.8. The van der Waals surface area contributed by atoms with Gasteiger partial charge in [0.05, 0.1) is 18.0 Å². The number of nitrogens with zero attached hydrogens (tertiary/aromatic N) is 3. The van der Waals surface area contributed by atoms with Crippen molar-refractivity contribution in [3.8, 4) is 0 Å². The molecule has 8 heteroatoms. The molecule has 2 aromatic rings. The summed E-state index contributed by atoms with van der Waals surface area (Å²) in [4.78, 5) is 11.6. The largest absolute Gasteiger partial charge is 0.416 e. The van der Waals surface area contributed by atoms with E-state index in [9.17, 15) is 13.2 Å². The lowest BCUT2D eigenvalue weighted by Gasteiger charge is -2.42. The number of benzene rings is 1. The van der Waals surface area contributed by atoms with Gasteiger partial charge < -0.3 is 10.6 Å². The summed E-state index contributed by atoms with van der Waals surface area (Å²) >= 11 is 1.18. The van der Waals surface area contributed by atoms with Crippen molar-refractivity contribution in [2.24, 2.45) is 11.1 Å². The molecular weight excluding hydrogens is 385 g/mol. The SMILES string of the molecule is N[C@@H]1CCCC12CCN(c1cnc(Sc3cccc(C(F)(F)F)c3)cn1)CC2. The number of rotatable bonds is 3. The molecule has 150 valence electrons. The van der Waals surface area contributed by atoms with Crippen LogP contribution in [0.5, 0.6) is 0 Å². The Bertz CT molecular complexity index is 817. The first-order valence-corrected chi connectivity index (χ1v) is 10.4. The zero-order valence-corrected chi connectivity index (χ0v) is 16.3. The summed E-state index contributed by atoms with van der Waals surface area (Å²) in [7, 11) is 0. The number of nitrogens with two attached hydrogens (primary N) is 1. The maximum absolute atomic E-state index is 12.8. The lowest BCUT2D eigenvalue weighted by Crippen LogP contribution is -2.47. The Hall–Kier alpha value is -1.80. The molecule has 4 rings (SSSR count). The molecule has 1 aromatic carbocycles. The fourth-order valence-corrected chi connectivity index (χ4v) is 5.13. The van der Waals surface area contributed by atoms with Crippen LogP contribution < -0.4 is 10.6 Å². The molecule has 4 nitrogen and oxygen atoms in total. The summed E-state index contributed by atoms with van der Waals surface area (Å²) in [6.07, 6.45) is 4.73. The van der Waals surface area contributed by atoms with Gasteiger partial charge in [0.1, 0.15) is 10.8 Å². The van der Waals surface area contributed by atoms with Gasteiger partial charge in [-0.1, -0.05) is 24.2 Å². The van der Waals surface area contributed by atoms with Gasteiger partial charge in [0, 0.05) is 24.0 Å². The van der Waals surface area contributed by atoms with Crippen LogP contribution in [0.2, 0.25) is 0 Å². The van der Waals surface area contributed by atoms with Crippen molar-refractivity contribution in [1.29, 1.82) is 0 Å². The predicted octanol–water partition coefficient (Wildman–Crippen LogP) is 4.74. The second kappa shape index (κ2) is 7.55. The van der Waals surface area contributed by atoms with Crippen LogP contribution >= 0.6 is 11.8 Å². The Morgan fingerprint density at radius 2 is 1.89 bits per heavy atom. The summed E-state index contributed by atoms with van der Waals surface area (Å²) in [6, 6.07) is 5.56. The van der Waals surface area contributed by atoms with Gasteiger partial charge in [-0.3, -0.25) is 0 Å². The minimum atomic E-state index is -4.35. The molecule has 2 aliphatic rings. The molecule has 1 aliphatic carbocycles. The standard InChI is InChI=1S/C20H23F3N4S/c21-20(22,23)14-3-1-4-15(11-14)28-18-13-25-17(12-26-18)27-9-7-19(8-10-27)6-2-5-16(19)24/h1,3-4,11-13,16H,2,5-10,24H2/t16-/m1/s1. The fraction of sp³-hybridized carbons (Fsp3) is 0.500. The molecule has 0 unspecified atom stereocenters. The number of piperidine rings is 1. The van der Waals surface area contributed by atoms with Gasteiger partial charge in [0.25, 0.3) is 0 Å². The molecular formula is C20H23F3N4S. The smallest absolute Gasteiger partial charge is 0.355 e. The van der Waals surface area contributed by atoms with E-state index in [-0.39, 0.29) is 0 Å². The maximum Gasteiger partial charge on any atom is 0.416 e. The third-order valence-electron chi connectivity index (χ3n) is 6.06. The number of hydrogen-bond acceptors (Lipinski definition) is 5. The fourth-order valence-electron chi connectivity index (χ4n) is 4.35. The third-order valence-corrected chi connectivity index (χ3v) is 6.97. The molecule has 0 bridgehead atoms. The lowest BCUT2D eigenvalue weighted by atomic mass is 9.74. The first-order chi connectivity index (χ1) is 13.4. The maximum atomic E-state index is 12.8.